The molecule has 1 aliphatic heterocycles. The van der Waals surface area contributed by atoms with Crippen molar-refractivity contribution in [1.82, 2.24) is 0 Å². The fraction of sp³-hybridized carbons (Fsp3) is 0.926. The van der Waals surface area contributed by atoms with Gasteiger partial charge in [-0.15, -0.1) is 0 Å². The highest BCUT2D eigenvalue weighted by atomic mass is 16.6. The van der Waals surface area contributed by atoms with Crippen LogP contribution in [0.2, 0.25) is 0 Å². The van der Waals surface area contributed by atoms with Gasteiger partial charge in [-0.3, -0.25) is 0 Å². The van der Waals surface area contributed by atoms with E-state index in [0.29, 0.717) is 30.6 Å². The molecule has 31 heavy (non-hydrogen) atoms. The van der Waals surface area contributed by atoms with Crippen molar-refractivity contribution in [3.05, 3.63) is 11.6 Å². The zero-order valence-corrected chi connectivity index (χ0v) is 20.2. The summed E-state index contributed by atoms with van der Waals surface area (Å²) < 4.78 is 6.61. The quantitative estimate of drug-likeness (QED) is 0.438. The maximum atomic E-state index is 11.7. The first-order chi connectivity index (χ1) is 14.5. The third-order valence-electron chi connectivity index (χ3n) is 10.8. The monoisotopic (exact) mass is 432 g/mol. The van der Waals surface area contributed by atoms with E-state index >= 15 is 0 Å². The Morgan fingerprint density at radius 2 is 1.81 bits per heavy atom. The average molecular weight is 433 g/mol. The summed E-state index contributed by atoms with van der Waals surface area (Å²) in [7, 11) is 0. The van der Waals surface area contributed by atoms with Crippen molar-refractivity contribution in [1.29, 1.82) is 0 Å². The molecule has 0 aromatic rings. The van der Waals surface area contributed by atoms with Crippen molar-refractivity contribution < 1.29 is 20.1 Å². The number of ether oxygens (including phenoxy) is 1. The predicted molar refractivity (Wildman–Crippen MR) is 121 cm³/mol. The van der Waals surface area contributed by atoms with E-state index in [9.17, 15) is 15.3 Å². The Kier molecular flexibility index (Phi) is 5.08. The lowest BCUT2D eigenvalue weighted by molar-refractivity contribution is -0.210. The molecule has 4 fully saturated rings. The zero-order chi connectivity index (χ0) is 22.4. The van der Waals surface area contributed by atoms with Gasteiger partial charge in [0.05, 0.1) is 12.2 Å². The molecule has 5 aliphatic rings. The molecule has 0 amide bonds. The van der Waals surface area contributed by atoms with Gasteiger partial charge < -0.3 is 20.1 Å². The minimum Gasteiger partial charge on any atom is -0.393 e. The van der Waals surface area contributed by atoms with Gasteiger partial charge in [-0.25, -0.2) is 0 Å². The molecule has 0 aromatic heterocycles. The van der Waals surface area contributed by atoms with Gasteiger partial charge in [-0.1, -0.05) is 60.0 Å². The largest absolute Gasteiger partial charge is 0.393 e. The summed E-state index contributed by atoms with van der Waals surface area (Å²) in [4.78, 5) is 0. The van der Waals surface area contributed by atoms with Gasteiger partial charge in [-0.2, -0.15) is 0 Å². The molecular formula is C27H44O4. The van der Waals surface area contributed by atoms with Gasteiger partial charge in [0.15, 0.2) is 0 Å². The highest BCUT2D eigenvalue weighted by molar-refractivity contribution is 5.47. The lowest BCUT2D eigenvalue weighted by atomic mass is 9.45. The van der Waals surface area contributed by atoms with E-state index in [0.717, 1.165) is 12.3 Å². The van der Waals surface area contributed by atoms with Crippen LogP contribution in [0.25, 0.3) is 0 Å². The Balaban J connectivity index is 1.45. The minimum absolute atomic E-state index is 0.141. The van der Waals surface area contributed by atoms with Gasteiger partial charge in [0.1, 0.15) is 17.3 Å². The first-order valence-corrected chi connectivity index (χ1v) is 13.0. The summed E-state index contributed by atoms with van der Waals surface area (Å²) in [6.07, 6.45) is 9.68. The van der Waals surface area contributed by atoms with Crippen LogP contribution >= 0.6 is 0 Å². The topological polar surface area (TPSA) is 73.2 Å². The van der Waals surface area contributed by atoms with Crippen LogP contribution in [0.4, 0.5) is 0 Å². The van der Waals surface area contributed by atoms with E-state index in [1.165, 1.54) is 37.7 Å². The molecule has 0 bridgehead atoms. The number of fused-ring (bicyclic) bond motifs is 3. The van der Waals surface area contributed by atoms with E-state index in [1.54, 1.807) is 0 Å². The molecule has 10 atom stereocenters. The molecule has 4 heteroatoms. The summed E-state index contributed by atoms with van der Waals surface area (Å²) in [5.74, 6) is 2.63. The smallest absolute Gasteiger partial charge is 0.124 e. The Morgan fingerprint density at radius 1 is 1.06 bits per heavy atom. The van der Waals surface area contributed by atoms with E-state index in [-0.39, 0.29) is 17.9 Å². The number of rotatable bonds is 5. The predicted octanol–water partition coefficient (Wildman–Crippen LogP) is 4.61. The number of hydrogen-bond donors (Lipinski definition) is 3. The third kappa shape index (κ3) is 2.80. The number of aliphatic hydroxyl groups is 3. The van der Waals surface area contributed by atoms with Gasteiger partial charge in [0.25, 0.3) is 0 Å². The fourth-order valence-corrected chi connectivity index (χ4v) is 9.00. The molecule has 5 rings (SSSR count). The molecule has 4 nitrogen and oxygen atoms in total. The SMILES string of the molecule is CC(C)CCCC(C)C1CCC2C3=C[C@@H](O)[C@@]4(O)C[C@@H](O)CCC4(C)[C@]34O[C@@H]4CC21C. The van der Waals surface area contributed by atoms with Crippen molar-refractivity contribution in [2.24, 2.45) is 34.5 Å². The van der Waals surface area contributed by atoms with E-state index in [2.05, 4.69) is 34.6 Å². The van der Waals surface area contributed by atoms with Crippen molar-refractivity contribution in [3.8, 4) is 0 Å². The van der Waals surface area contributed by atoms with Crippen LogP contribution in [-0.2, 0) is 4.74 Å². The Hall–Kier alpha value is -0.420. The Morgan fingerprint density at radius 3 is 2.52 bits per heavy atom. The second-order valence-corrected chi connectivity index (χ2v) is 12.8. The summed E-state index contributed by atoms with van der Waals surface area (Å²) >= 11 is 0. The molecule has 3 N–H and O–H groups in total. The van der Waals surface area contributed by atoms with E-state index in [4.69, 9.17) is 4.74 Å². The summed E-state index contributed by atoms with van der Waals surface area (Å²) in [6, 6.07) is 0. The van der Waals surface area contributed by atoms with E-state index < -0.39 is 28.8 Å². The van der Waals surface area contributed by atoms with E-state index in [1.807, 2.05) is 6.08 Å². The van der Waals surface area contributed by atoms with Gasteiger partial charge >= 0.3 is 0 Å². The molecule has 0 radical (unpaired) electrons. The summed E-state index contributed by atoms with van der Waals surface area (Å²) in [5.41, 5.74) is -0.762. The maximum absolute atomic E-state index is 11.7. The molecular weight excluding hydrogens is 388 g/mol. The molecule has 5 unspecified atom stereocenters. The van der Waals surface area contributed by atoms with Gasteiger partial charge in [0, 0.05) is 11.8 Å². The Labute approximate surface area is 188 Å². The highest BCUT2D eigenvalue weighted by Gasteiger charge is 2.82. The molecule has 3 saturated carbocycles. The van der Waals surface area contributed by atoms with Gasteiger partial charge in [-0.05, 0) is 66.8 Å². The molecule has 1 saturated heterocycles. The van der Waals surface area contributed by atoms with Crippen molar-refractivity contribution in [3.63, 3.8) is 0 Å². The van der Waals surface area contributed by atoms with Crippen LogP contribution in [0, 0.1) is 34.5 Å². The van der Waals surface area contributed by atoms with Crippen LogP contribution in [0.5, 0.6) is 0 Å². The molecule has 0 aromatic carbocycles. The summed E-state index contributed by atoms with van der Waals surface area (Å²) in [5, 5.41) is 33.1. The van der Waals surface area contributed by atoms with Crippen molar-refractivity contribution in [2.75, 3.05) is 0 Å². The van der Waals surface area contributed by atoms with Crippen LogP contribution in [0.3, 0.4) is 0 Å². The standard InChI is InChI=1S/C27H44O4/c1-16(2)7-6-8-17(3)19-9-10-20-21-13-22(29)26(30)14-18(28)11-12-25(26,5)27(21)23(31-27)15-24(19,20)4/h13,16-20,22-23,28-30H,6-12,14-15H2,1-5H3/t17?,18-,19?,20?,22+,23+,24?,25?,26-,27-/m0/s1. The average Bonchev–Trinajstić information content (AvgIpc) is 3.30. The van der Waals surface area contributed by atoms with Crippen molar-refractivity contribution >= 4 is 0 Å². The highest BCUT2D eigenvalue weighted by Crippen LogP contribution is 2.76. The third-order valence-corrected chi connectivity index (χ3v) is 10.8. The molecule has 176 valence electrons. The summed E-state index contributed by atoms with van der Waals surface area (Å²) in [6.45, 7) is 11.7. The number of epoxide rings is 1. The van der Waals surface area contributed by atoms with Crippen LogP contribution in [0.1, 0.15) is 92.4 Å². The second-order valence-electron chi connectivity index (χ2n) is 12.8. The molecule has 4 aliphatic carbocycles. The van der Waals surface area contributed by atoms with Crippen LogP contribution in [0.15, 0.2) is 11.6 Å². The number of hydrogen-bond acceptors (Lipinski definition) is 4. The van der Waals surface area contributed by atoms with Crippen LogP contribution in [-0.4, -0.2) is 44.8 Å². The normalized spacial score (nSPS) is 53.8. The first kappa shape index (κ1) is 22.4. The maximum Gasteiger partial charge on any atom is 0.124 e. The fourth-order valence-electron chi connectivity index (χ4n) is 9.00. The van der Waals surface area contributed by atoms with Crippen LogP contribution < -0.4 is 0 Å². The zero-order valence-electron chi connectivity index (χ0n) is 20.2. The Bertz CT molecular complexity index is 762. The molecule has 1 heterocycles. The van der Waals surface area contributed by atoms with Gasteiger partial charge in [0.2, 0.25) is 0 Å². The molecule has 1 spiro atoms. The first-order valence-electron chi connectivity index (χ1n) is 13.0. The second kappa shape index (κ2) is 7.04. The number of aliphatic hydroxyl groups excluding tert-OH is 2. The lowest BCUT2D eigenvalue weighted by Gasteiger charge is -2.60. The minimum atomic E-state index is -1.31. The van der Waals surface area contributed by atoms with Crippen molar-refractivity contribution in [2.45, 2.75) is 122 Å². The lowest BCUT2D eigenvalue weighted by Crippen LogP contribution is -2.69.